The molecule has 188 valence electrons. The molecule has 1 aliphatic heterocycles. The standard InChI is InChI=1S/C33H45NO/c1-20(2)27-15-28-22(4)16-32(5,6)34(30(28)10-21(27)3)26-8-9-31(35-7)29(14-26)33-17-23-11-24(18-33)13-25(12-23)19-33/h8-10,14-15,20,22-25H,11-13,16-19H2,1-7H3. The third-order valence-corrected chi connectivity index (χ3v) is 10.3. The van der Waals surface area contributed by atoms with Gasteiger partial charge in [-0.2, -0.15) is 0 Å². The summed E-state index contributed by atoms with van der Waals surface area (Å²) in [5.74, 6) is 5.03. The van der Waals surface area contributed by atoms with Crippen molar-refractivity contribution in [3.05, 3.63) is 52.6 Å². The zero-order valence-corrected chi connectivity index (χ0v) is 23.1. The maximum absolute atomic E-state index is 6.06. The van der Waals surface area contributed by atoms with Crippen LogP contribution in [0.5, 0.6) is 5.75 Å². The molecule has 0 saturated heterocycles. The van der Waals surface area contributed by atoms with Crippen LogP contribution in [0.4, 0.5) is 11.4 Å². The minimum atomic E-state index is 0.0610. The average molecular weight is 472 g/mol. The topological polar surface area (TPSA) is 12.5 Å². The number of hydrogen-bond acceptors (Lipinski definition) is 2. The fourth-order valence-electron chi connectivity index (χ4n) is 9.39. The average Bonchev–Trinajstić information content (AvgIpc) is 2.77. The van der Waals surface area contributed by atoms with E-state index in [2.05, 4.69) is 76.8 Å². The van der Waals surface area contributed by atoms with Crippen molar-refractivity contribution in [2.75, 3.05) is 12.0 Å². The van der Waals surface area contributed by atoms with Crippen LogP contribution in [0, 0.1) is 24.7 Å². The molecular formula is C33H45NO. The monoisotopic (exact) mass is 471 g/mol. The summed E-state index contributed by atoms with van der Waals surface area (Å²) in [7, 11) is 1.87. The van der Waals surface area contributed by atoms with Crippen molar-refractivity contribution in [3.8, 4) is 5.75 Å². The van der Waals surface area contributed by atoms with E-state index < -0.39 is 0 Å². The summed E-state index contributed by atoms with van der Waals surface area (Å²) < 4.78 is 6.06. The molecule has 2 nitrogen and oxygen atoms in total. The Morgan fingerprint density at radius 1 is 0.914 bits per heavy atom. The van der Waals surface area contributed by atoms with Gasteiger partial charge in [0.25, 0.3) is 0 Å². The molecule has 2 aromatic carbocycles. The molecule has 4 bridgehead atoms. The number of anilines is 2. The Kier molecular flexibility index (Phi) is 5.37. The highest BCUT2D eigenvalue weighted by atomic mass is 16.5. The van der Waals surface area contributed by atoms with Gasteiger partial charge >= 0.3 is 0 Å². The van der Waals surface area contributed by atoms with E-state index >= 15 is 0 Å². The first-order valence-electron chi connectivity index (χ1n) is 14.2. The molecule has 2 aromatic rings. The van der Waals surface area contributed by atoms with Gasteiger partial charge < -0.3 is 9.64 Å². The van der Waals surface area contributed by atoms with Crippen LogP contribution < -0.4 is 9.64 Å². The van der Waals surface area contributed by atoms with Gasteiger partial charge in [-0.25, -0.2) is 0 Å². The summed E-state index contributed by atoms with van der Waals surface area (Å²) >= 11 is 0. The van der Waals surface area contributed by atoms with Crippen LogP contribution in [0.25, 0.3) is 0 Å². The number of rotatable bonds is 4. The van der Waals surface area contributed by atoms with E-state index in [1.807, 2.05) is 7.11 Å². The SMILES string of the molecule is COc1ccc(N2c3cc(C)c(C(C)C)cc3C(C)CC2(C)C)cc1C12CC3CC(CC(C3)C1)C2. The van der Waals surface area contributed by atoms with Gasteiger partial charge in [0.1, 0.15) is 5.75 Å². The van der Waals surface area contributed by atoms with E-state index in [1.165, 1.54) is 78.6 Å². The van der Waals surface area contributed by atoms with Gasteiger partial charge in [0.15, 0.2) is 0 Å². The summed E-state index contributed by atoms with van der Waals surface area (Å²) in [6.45, 7) is 14.2. The summed E-state index contributed by atoms with van der Waals surface area (Å²) in [4.78, 5) is 2.67. The Morgan fingerprint density at radius 3 is 2.11 bits per heavy atom. The molecule has 4 aliphatic carbocycles. The van der Waals surface area contributed by atoms with Gasteiger partial charge in [-0.15, -0.1) is 0 Å². The van der Waals surface area contributed by atoms with E-state index in [0.29, 0.717) is 17.3 Å². The number of ether oxygens (including phenoxy) is 1. The molecule has 0 radical (unpaired) electrons. The fourth-order valence-corrected chi connectivity index (χ4v) is 9.39. The zero-order chi connectivity index (χ0) is 24.7. The third kappa shape index (κ3) is 3.65. The van der Waals surface area contributed by atoms with Gasteiger partial charge in [-0.3, -0.25) is 0 Å². The second-order valence-electron chi connectivity index (χ2n) is 13.8. The molecule has 0 aromatic heterocycles. The van der Waals surface area contributed by atoms with Crippen LogP contribution in [0.2, 0.25) is 0 Å². The maximum atomic E-state index is 6.06. The molecule has 4 fully saturated rings. The lowest BCUT2D eigenvalue weighted by molar-refractivity contribution is -0.00614. The van der Waals surface area contributed by atoms with E-state index in [9.17, 15) is 0 Å². The highest BCUT2D eigenvalue weighted by Gasteiger charge is 2.52. The van der Waals surface area contributed by atoms with Crippen LogP contribution in [0.3, 0.4) is 0 Å². The lowest BCUT2D eigenvalue weighted by Crippen LogP contribution is -2.49. The van der Waals surface area contributed by atoms with Gasteiger partial charge in [0, 0.05) is 22.5 Å². The van der Waals surface area contributed by atoms with Crippen LogP contribution in [0.15, 0.2) is 30.3 Å². The van der Waals surface area contributed by atoms with Crippen molar-refractivity contribution in [3.63, 3.8) is 0 Å². The Labute approximate surface area is 213 Å². The molecule has 5 aliphatic rings. The maximum Gasteiger partial charge on any atom is 0.122 e. The van der Waals surface area contributed by atoms with Gasteiger partial charge in [-0.1, -0.05) is 26.8 Å². The van der Waals surface area contributed by atoms with Gasteiger partial charge in [-0.05, 0) is 142 Å². The first-order valence-corrected chi connectivity index (χ1v) is 14.2. The Hall–Kier alpha value is -1.96. The predicted molar refractivity (Wildman–Crippen MR) is 147 cm³/mol. The summed E-state index contributed by atoms with van der Waals surface area (Å²) in [5.41, 5.74) is 9.09. The first-order chi connectivity index (χ1) is 16.6. The second-order valence-corrected chi connectivity index (χ2v) is 13.8. The van der Waals surface area contributed by atoms with Gasteiger partial charge in [0.2, 0.25) is 0 Å². The van der Waals surface area contributed by atoms with Crippen molar-refractivity contribution in [2.24, 2.45) is 17.8 Å². The molecule has 0 N–H and O–H groups in total. The number of hydrogen-bond donors (Lipinski definition) is 0. The normalized spacial score (nSPS) is 32.7. The van der Waals surface area contributed by atoms with Crippen molar-refractivity contribution in [1.29, 1.82) is 0 Å². The van der Waals surface area contributed by atoms with Crippen LogP contribution in [0.1, 0.15) is 114 Å². The highest BCUT2D eigenvalue weighted by molar-refractivity contribution is 5.74. The lowest BCUT2D eigenvalue weighted by Gasteiger charge is -2.57. The molecule has 0 spiro atoms. The van der Waals surface area contributed by atoms with Crippen molar-refractivity contribution in [2.45, 2.75) is 109 Å². The van der Waals surface area contributed by atoms with E-state index in [4.69, 9.17) is 4.74 Å². The smallest absolute Gasteiger partial charge is 0.122 e. The highest BCUT2D eigenvalue weighted by Crippen LogP contribution is 2.62. The van der Waals surface area contributed by atoms with E-state index in [0.717, 1.165) is 23.5 Å². The Balaban J connectivity index is 1.49. The molecule has 7 rings (SSSR count). The molecule has 1 unspecified atom stereocenters. The van der Waals surface area contributed by atoms with Crippen molar-refractivity contribution in [1.82, 2.24) is 0 Å². The van der Waals surface area contributed by atoms with Gasteiger partial charge in [0.05, 0.1) is 7.11 Å². The Morgan fingerprint density at radius 2 is 1.54 bits per heavy atom. The zero-order valence-electron chi connectivity index (χ0n) is 23.1. The summed E-state index contributed by atoms with van der Waals surface area (Å²) in [6, 6.07) is 12.2. The minimum Gasteiger partial charge on any atom is -0.496 e. The van der Waals surface area contributed by atoms with Crippen molar-refractivity contribution >= 4 is 11.4 Å². The molecule has 1 heterocycles. The van der Waals surface area contributed by atoms with Crippen molar-refractivity contribution < 1.29 is 4.74 Å². The number of methoxy groups -OCH3 is 1. The molecule has 1 atom stereocenters. The second kappa shape index (κ2) is 8.02. The first kappa shape index (κ1) is 23.4. The van der Waals surface area contributed by atoms with Crippen LogP contribution >= 0.6 is 0 Å². The largest absolute Gasteiger partial charge is 0.496 e. The number of aryl methyl sites for hydroxylation is 1. The number of benzene rings is 2. The fraction of sp³-hybridized carbons (Fsp3) is 0.636. The minimum absolute atomic E-state index is 0.0610. The predicted octanol–water partition coefficient (Wildman–Crippen LogP) is 9.02. The van der Waals surface area contributed by atoms with Crippen LogP contribution in [-0.2, 0) is 5.41 Å². The lowest BCUT2D eigenvalue weighted by atomic mass is 9.48. The van der Waals surface area contributed by atoms with E-state index in [1.54, 1.807) is 0 Å². The third-order valence-electron chi connectivity index (χ3n) is 10.3. The van der Waals surface area contributed by atoms with Crippen LogP contribution in [-0.4, -0.2) is 12.6 Å². The molecule has 2 heteroatoms. The number of fused-ring (bicyclic) bond motifs is 1. The molecule has 35 heavy (non-hydrogen) atoms. The Bertz CT molecular complexity index is 1110. The molecular weight excluding hydrogens is 426 g/mol. The summed E-state index contributed by atoms with van der Waals surface area (Å²) in [6.07, 6.45) is 9.70. The quantitative estimate of drug-likeness (QED) is 0.441. The molecule has 0 amide bonds. The molecule has 4 saturated carbocycles. The summed E-state index contributed by atoms with van der Waals surface area (Å²) in [5, 5.41) is 0. The number of nitrogens with zero attached hydrogens (tertiary/aromatic N) is 1. The van der Waals surface area contributed by atoms with E-state index in [-0.39, 0.29) is 5.54 Å².